The van der Waals surface area contributed by atoms with Crippen molar-refractivity contribution in [3.05, 3.63) is 65.5 Å². The predicted octanol–water partition coefficient (Wildman–Crippen LogP) is 2.97. The molecule has 2 N–H and O–H groups in total. The highest BCUT2D eigenvalue weighted by Crippen LogP contribution is 2.20. The van der Waals surface area contributed by atoms with Gasteiger partial charge in [0.2, 0.25) is 0 Å². The first-order valence-electron chi connectivity index (χ1n) is 8.15. The molecule has 0 aliphatic carbocycles. The van der Waals surface area contributed by atoms with Gasteiger partial charge in [0.1, 0.15) is 18.2 Å². The van der Waals surface area contributed by atoms with E-state index in [-0.39, 0.29) is 24.4 Å². The van der Waals surface area contributed by atoms with Gasteiger partial charge in [-0.25, -0.2) is 4.39 Å². The molecule has 4 nitrogen and oxygen atoms in total. The molecule has 126 valence electrons. The highest BCUT2D eigenvalue weighted by Gasteiger charge is 2.28. The van der Waals surface area contributed by atoms with E-state index < -0.39 is 0 Å². The number of nitrogens with two attached hydrogens (primary N) is 1. The zero-order valence-corrected chi connectivity index (χ0v) is 13.5. The first kappa shape index (κ1) is 16.5. The van der Waals surface area contributed by atoms with Crippen LogP contribution in [-0.2, 0) is 6.61 Å². The maximum absolute atomic E-state index is 13.2. The van der Waals surface area contributed by atoms with Crippen LogP contribution in [0.25, 0.3) is 0 Å². The second-order valence-electron chi connectivity index (χ2n) is 5.98. The van der Waals surface area contributed by atoms with Crippen LogP contribution in [0.2, 0.25) is 0 Å². The second-order valence-corrected chi connectivity index (χ2v) is 5.98. The summed E-state index contributed by atoms with van der Waals surface area (Å²) < 4.78 is 18.8. The summed E-state index contributed by atoms with van der Waals surface area (Å²) in [5.41, 5.74) is 7.25. The van der Waals surface area contributed by atoms with Gasteiger partial charge in [-0.05, 0) is 42.7 Å². The van der Waals surface area contributed by atoms with E-state index in [9.17, 15) is 9.18 Å². The summed E-state index contributed by atoms with van der Waals surface area (Å²) >= 11 is 0. The largest absolute Gasteiger partial charge is 0.489 e. The zero-order valence-electron chi connectivity index (χ0n) is 13.5. The third-order valence-corrected chi connectivity index (χ3v) is 4.29. The molecule has 1 amide bonds. The van der Waals surface area contributed by atoms with E-state index in [2.05, 4.69) is 0 Å². The SMILES string of the molecule is NCC1CCCN1C(=O)c1cccc(COc2cccc(F)c2)c1. The standard InChI is InChI=1S/C19H21FN2O2/c20-16-6-2-8-18(11-16)24-13-14-4-1-5-15(10-14)19(23)22-9-3-7-17(22)12-21/h1-2,4-6,8,10-11,17H,3,7,9,12-13,21H2. The smallest absolute Gasteiger partial charge is 0.254 e. The number of nitrogens with zero attached hydrogens (tertiary/aromatic N) is 1. The molecular weight excluding hydrogens is 307 g/mol. The topological polar surface area (TPSA) is 55.6 Å². The van der Waals surface area contributed by atoms with Crippen molar-refractivity contribution in [1.82, 2.24) is 4.90 Å². The van der Waals surface area contributed by atoms with Crippen molar-refractivity contribution >= 4 is 5.91 Å². The van der Waals surface area contributed by atoms with Gasteiger partial charge in [0.15, 0.2) is 0 Å². The van der Waals surface area contributed by atoms with E-state index >= 15 is 0 Å². The van der Waals surface area contributed by atoms with Gasteiger partial charge < -0.3 is 15.4 Å². The molecule has 1 aliphatic rings. The molecule has 2 aromatic rings. The fraction of sp³-hybridized carbons (Fsp3) is 0.316. The van der Waals surface area contributed by atoms with Crippen molar-refractivity contribution in [1.29, 1.82) is 0 Å². The van der Waals surface area contributed by atoms with Crippen molar-refractivity contribution in [2.45, 2.75) is 25.5 Å². The Bertz CT molecular complexity index is 720. The Labute approximate surface area is 141 Å². The van der Waals surface area contributed by atoms with Crippen LogP contribution in [0, 0.1) is 5.82 Å². The Morgan fingerprint density at radius 2 is 2.08 bits per heavy atom. The van der Waals surface area contributed by atoms with Crippen molar-refractivity contribution < 1.29 is 13.9 Å². The summed E-state index contributed by atoms with van der Waals surface area (Å²) in [7, 11) is 0. The fourth-order valence-corrected chi connectivity index (χ4v) is 3.03. The number of ether oxygens (including phenoxy) is 1. The summed E-state index contributed by atoms with van der Waals surface area (Å²) in [4.78, 5) is 14.5. The molecule has 1 atom stereocenters. The van der Waals surface area contributed by atoms with Gasteiger partial charge in [-0.2, -0.15) is 0 Å². The minimum atomic E-state index is -0.335. The van der Waals surface area contributed by atoms with E-state index in [0.717, 1.165) is 24.9 Å². The lowest BCUT2D eigenvalue weighted by Gasteiger charge is -2.23. The molecule has 0 saturated carbocycles. The maximum Gasteiger partial charge on any atom is 0.254 e. The van der Waals surface area contributed by atoms with Gasteiger partial charge >= 0.3 is 0 Å². The summed E-state index contributed by atoms with van der Waals surface area (Å²) in [6.45, 7) is 1.53. The van der Waals surface area contributed by atoms with E-state index in [0.29, 0.717) is 17.9 Å². The van der Waals surface area contributed by atoms with Gasteiger partial charge in [0, 0.05) is 30.8 Å². The number of hydrogen-bond acceptors (Lipinski definition) is 3. The van der Waals surface area contributed by atoms with Crippen LogP contribution in [0.5, 0.6) is 5.75 Å². The van der Waals surface area contributed by atoms with Gasteiger partial charge in [0.05, 0.1) is 0 Å². The van der Waals surface area contributed by atoms with Crippen molar-refractivity contribution in [2.75, 3.05) is 13.1 Å². The van der Waals surface area contributed by atoms with Crippen LogP contribution in [-0.4, -0.2) is 29.9 Å². The number of likely N-dealkylation sites (tertiary alicyclic amines) is 1. The van der Waals surface area contributed by atoms with E-state index in [1.54, 1.807) is 18.2 Å². The molecule has 1 fully saturated rings. The average Bonchev–Trinajstić information content (AvgIpc) is 3.08. The average molecular weight is 328 g/mol. The minimum Gasteiger partial charge on any atom is -0.489 e. The van der Waals surface area contributed by atoms with Gasteiger partial charge in [-0.3, -0.25) is 4.79 Å². The minimum absolute atomic E-state index is 0.00977. The molecule has 24 heavy (non-hydrogen) atoms. The number of rotatable bonds is 5. The Balaban J connectivity index is 1.68. The Hall–Kier alpha value is -2.40. The number of carbonyl (C=O) groups excluding carboxylic acids is 1. The summed E-state index contributed by atoms with van der Waals surface area (Å²) in [6, 6.07) is 13.5. The summed E-state index contributed by atoms with van der Waals surface area (Å²) in [5, 5.41) is 0. The third kappa shape index (κ3) is 3.74. The van der Waals surface area contributed by atoms with Crippen LogP contribution >= 0.6 is 0 Å². The second kappa shape index (κ2) is 7.45. The number of halogens is 1. The lowest BCUT2D eigenvalue weighted by atomic mass is 10.1. The molecule has 0 bridgehead atoms. The molecule has 1 aliphatic heterocycles. The zero-order chi connectivity index (χ0) is 16.9. The lowest BCUT2D eigenvalue weighted by Crippen LogP contribution is -2.39. The van der Waals surface area contributed by atoms with Crippen LogP contribution in [0.15, 0.2) is 48.5 Å². The Morgan fingerprint density at radius 1 is 1.25 bits per heavy atom. The monoisotopic (exact) mass is 328 g/mol. The highest BCUT2D eigenvalue weighted by atomic mass is 19.1. The molecule has 1 unspecified atom stereocenters. The van der Waals surface area contributed by atoms with Crippen molar-refractivity contribution in [2.24, 2.45) is 5.73 Å². The predicted molar refractivity (Wildman–Crippen MR) is 90.3 cm³/mol. The summed E-state index contributed by atoms with van der Waals surface area (Å²) in [6.07, 6.45) is 1.96. The molecule has 0 aromatic heterocycles. The molecule has 2 aromatic carbocycles. The number of benzene rings is 2. The van der Waals surface area contributed by atoms with Crippen LogP contribution in [0.3, 0.4) is 0 Å². The maximum atomic E-state index is 13.2. The molecule has 5 heteroatoms. The molecule has 0 radical (unpaired) electrons. The van der Waals surface area contributed by atoms with Gasteiger partial charge in [-0.1, -0.05) is 18.2 Å². The quantitative estimate of drug-likeness (QED) is 0.918. The molecular formula is C19H21FN2O2. The molecule has 1 heterocycles. The molecule has 0 spiro atoms. The first-order valence-corrected chi connectivity index (χ1v) is 8.15. The van der Waals surface area contributed by atoms with Crippen LogP contribution in [0.4, 0.5) is 4.39 Å². The number of hydrogen-bond donors (Lipinski definition) is 1. The van der Waals surface area contributed by atoms with Crippen LogP contribution in [0.1, 0.15) is 28.8 Å². The Kier molecular flexibility index (Phi) is 5.11. The highest BCUT2D eigenvalue weighted by molar-refractivity contribution is 5.94. The summed E-state index contributed by atoms with van der Waals surface area (Å²) in [5.74, 6) is 0.142. The molecule has 1 saturated heterocycles. The fourth-order valence-electron chi connectivity index (χ4n) is 3.03. The lowest BCUT2D eigenvalue weighted by molar-refractivity contribution is 0.0741. The van der Waals surface area contributed by atoms with E-state index in [1.807, 2.05) is 23.1 Å². The molecule has 3 rings (SSSR count). The third-order valence-electron chi connectivity index (χ3n) is 4.29. The number of carbonyl (C=O) groups is 1. The van der Waals surface area contributed by atoms with E-state index in [1.165, 1.54) is 12.1 Å². The van der Waals surface area contributed by atoms with Gasteiger partial charge in [0.25, 0.3) is 5.91 Å². The normalized spacial score (nSPS) is 17.1. The van der Waals surface area contributed by atoms with Crippen molar-refractivity contribution in [3.63, 3.8) is 0 Å². The van der Waals surface area contributed by atoms with Gasteiger partial charge in [-0.15, -0.1) is 0 Å². The van der Waals surface area contributed by atoms with E-state index in [4.69, 9.17) is 10.5 Å². The van der Waals surface area contributed by atoms with Crippen molar-refractivity contribution in [3.8, 4) is 5.75 Å². The van der Waals surface area contributed by atoms with Crippen LogP contribution < -0.4 is 10.5 Å². The Morgan fingerprint density at radius 3 is 2.88 bits per heavy atom. The first-order chi connectivity index (χ1) is 11.7. The number of amides is 1.